The molecule has 0 spiro atoms. The molecule has 25 heavy (non-hydrogen) atoms. The highest BCUT2D eigenvalue weighted by Gasteiger charge is 2.14. The van der Waals surface area contributed by atoms with Gasteiger partial charge >= 0.3 is 0 Å². The molecular formula is C18H20N4O3. The summed E-state index contributed by atoms with van der Waals surface area (Å²) >= 11 is 0. The zero-order valence-corrected chi connectivity index (χ0v) is 14.1. The number of aromatic hydroxyl groups is 1. The highest BCUT2D eigenvalue weighted by molar-refractivity contribution is 5.93. The molecule has 0 fully saturated rings. The zero-order chi connectivity index (χ0) is 17.8. The molecule has 0 aliphatic carbocycles. The van der Waals surface area contributed by atoms with E-state index in [1.165, 1.54) is 0 Å². The van der Waals surface area contributed by atoms with Crippen LogP contribution in [-0.4, -0.2) is 26.4 Å². The Morgan fingerprint density at radius 2 is 2.12 bits per heavy atom. The number of phenolic OH excluding ortho intramolecular Hbond substituents is 1. The number of nitrogens with zero attached hydrogens (tertiary/aromatic N) is 2. The van der Waals surface area contributed by atoms with E-state index in [0.29, 0.717) is 28.6 Å². The molecule has 3 rings (SSSR count). The molecule has 7 heteroatoms. The van der Waals surface area contributed by atoms with Crippen LogP contribution in [0.1, 0.15) is 35.8 Å². The van der Waals surface area contributed by atoms with Crippen molar-refractivity contribution in [2.75, 3.05) is 0 Å². The lowest BCUT2D eigenvalue weighted by atomic mass is 10.1. The average molecular weight is 340 g/mol. The van der Waals surface area contributed by atoms with Crippen molar-refractivity contribution in [2.24, 2.45) is 5.92 Å². The predicted molar refractivity (Wildman–Crippen MR) is 91.9 cm³/mol. The minimum atomic E-state index is -0.303. The Labute approximate surface area is 145 Å². The Morgan fingerprint density at radius 1 is 1.32 bits per heavy atom. The second kappa shape index (κ2) is 7.21. The number of hydrogen-bond donors (Lipinski definition) is 3. The van der Waals surface area contributed by atoms with E-state index < -0.39 is 0 Å². The van der Waals surface area contributed by atoms with Crippen LogP contribution in [0.15, 0.2) is 40.9 Å². The van der Waals surface area contributed by atoms with Crippen molar-refractivity contribution in [2.45, 2.75) is 26.8 Å². The third-order valence-corrected chi connectivity index (χ3v) is 3.65. The van der Waals surface area contributed by atoms with Crippen LogP contribution in [0.2, 0.25) is 0 Å². The number of nitrogens with one attached hydrogen (secondary N) is 2. The monoisotopic (exact) mass is 340 g/mol. The minimum absolute atomic E-state index is 0.112. The van der Waals surface area contributed by atoms with Crippen LogP contribution in [0.4, 0.5) is 0 Å². The highest BCUT2D eigenvalue weighted by atomic mass is 16.5. The zero-order valence-electron chi connectivity index (χ0n) is 14.1. The number of benzene rings is 1. The fourth-order valence-electron chi connectivity index (χ4n) is 2.47. The summed E-state index contributed by atoms with van der Waals surface area (Å²) in [5.74, 6) is 1.10. The number of aromatic amines is 1. The first-order valence-corrected chi connectivity index (χ1v) is 8.09. The van der Waals surface area contributed by atoms with E-state index >= 15 is 0 Å². The van der Waals surface area contributed by atoms with Gasteiger partial charge in [-0.3, -0.25) is 9.89 Å². The van der Waals surface area contributed by atoms with Crippen LogP contribution >= 0.6 is 0 Å². The molecule has 2 aromatic heterocycles. The summed E-state index contributed by atoms with van der Waals surface area (Å²) in [6, 6.07) is 10.3. The van der Waals surface area contributed by atoms with E-state index in [0.717, 1.165) is 12.2 Å². The Bertz CT molecular complexity index is 867. The van der Waals surface area contributed by atoms with E-state index in [-0.39, 0.29) is 18.2 Å². The Hall–Kier alpha value is -3.09. The average Bonchev–Trinajstić information content (AvgIpc) is 3.22. The second-order valence-electron chi connectivity index (χ2n) is 6.25. The number of carbonyl (C=O) groups is 1. The molecule has 130 valence electrons. The van der Waals surface area contributed by atoms with Crippen LogP contribution in [0.25, 0.3) is 11.3 Å². The van der Waals surface area contributed by atoms with Crippen molar-refractivity contribution >= 4 is 5.91 Å². The molecule has 7 nitrogen and oxygen atoms in total. The first-order chi connectivity index (χ1) is 12.0. The van der Waals surface area contributed by atoms with Gasteiger partial charge in [0, 0.05) is 18.1 Å². The van der Waals surface area contributed by atoms with Gasteiger partial charge in [0.05, 0.1) is 12.2 Å². The largest absolute Gasteiger partial charge is 0.507 e. The van der Waals surface area contributed by atoms with Gasteiger partial charge in [0.2, 0.25) is 0 Å². The van der Waals surface area contributed by atoms with Crippen LogP contribution in [-0.2, 0) is 13.0 Å². The van der Waals surface area contributed by atoms with E-state index in [1.54, 1.807) is 30.3 Å². The van der Waals surface area contributed by atoms with Gasteiger partial charge in [-0.25, -0.2) is 0 Å². The van der Waals surface area contributed by atoms with E-state index in [4.69, 9.17) is 4.52 Å². The van der Waals surface area contributed by atoms with Gasteiger partial charge in [0.15, 0.2) is 0 Å². The van der Waals surface area contributed by atoms with Crippen LogP contribution in [0.3, 0.4) is 0 Å². The Balaban J connectivity index is 1.62. The molecule has 1 amide bonds. The quantitative estimate of drug-likeness (QED) is 0.640. The van der Waals surface area contributed by atoms with Crippen LogP contribution in [0, 0.1) is 5.92 Å². The number of rotatable bonds is 6. The van der Waals surface area contributed by atoms with E-state index in [1.807, 2.05) is 6.07 Å². The van der Waals surface area contributed by atoms with Gasteiger partial charge < -0.3 is 14.9 Å². The highest BCUT2D eigenvalue weighted by Crippen LogP contribution is 2.27. The number of phenols is 1. The van der Waals surface area contributed by atoms with Crippen molar-refractivity contribution in [3.63, 3.8) is 0 Å². The van der Waals surface area contributed by atoms with E-state index in [2.05, 4.69) is 34.5 Å². The molecule has 3 aromatic rings. The standard InChI is InChI=1S/C18H20N4O3/c1-11(2)7-13-8-12(22-25-13)10-19-18(24)16-9-15(20-21-16)14-5-3-4-6-17(14)23/h3-6,8-9,11,23H,7,10H2,1-2H3,(H,19,24)(H,20,21). The molecular weight excluding hydrogens is 320 g/mol. The number of carbonyl (C=O) groups excluding carboxylic acids is 1. The van der Waals surface area contributed by atoms with Crippen molar-refractivity contribution < 1.29 is 14.4 Å². The van der Waals surface area contributed by atoms with Gasteiger partial charge in [0.1, 0.15) is 22.9 Å². The summed E-state index contributed by atoms with van der Waals surface area (Å²) < 4.78 is 5.24. The lowest BCUT2D eigenvalue weighted by Gasteiger charge is -2.00. The maximum Gasteiger partial charge on any atom is 0.269 e. The Morgan fingerprint density at radius 3 is 2.88 bits per heavy atom. The first-order valence-electron chi connectivity index (χ1n) is 8.09. The molecule has 0 atom stereocenters. The molecule has 3 N–H and O–H groups in total. The minimum Gasteiger partial charge on any atom is -0.507 e. The molecule has 0 radical (unpaired) electrons. The fourth-order valence-corrected chi connectivity index (χ4v) is 2.47. The molecule has 0 unspecified atom stereocenters. The summed E-state index contributed by atoms with van der Waals surface area (Å²) in [6.07, 6.45) is 0.811. The van der Waals surface area contributed by atoms with Gasteiger partial charge in [-0.1, -0.05) is 31.1 Å². The smallest absolute Gasteiger partial charge is 0.269 e. The maximum absolute atomic E-state index is 12.2. The third kappa shape index (κ3) is 4.06. The molecule has 2 heterocycles. The van der Waals surface area contributed by atoms with Crippen LogP contribution < -0.4 is 5.32 Å². The fraction of sp³-hybridized carbons (Fsp3) is 0.278. The van der Waals surface area contributed by atoms with Crippen molar-refractivity contribution in [3.05, 3.63) is 53.5 Å². The first kappa shape index (κ1) is 16.8. The maximum atomic E-state index is 12.2. The van der Waals surface area contributed by atoms with Gasteiger partial charge in [-0.05, 0) is 24.1 Å². The number of para-hydroxylation sites is 1. The predicted octanol–water partition coefficient (Wildman–Crippen LogP) is 2.90. The lowest BCUT2D eigenvalue weighted by molar-refractivity contribution is 0.0945. The van der Waals surface area contributed by atoms with Gasteiger partial charge in [-0.15, -0.1) is 0 Å². The molecule has 0 aliphatic rings. The van der Waals surface area contributed by atoms with E-state index in [9.17, 15) is 9.90 Å². The number of hydrogen-bond acceptors (Lipinski definition) is 5. The van der Waals surface area contributed by atoms with Crippen molar-refractivity contribution in [1.29, 1.82) is 0 Å². The van der Waals surface area contributed by atoms with Crippen molar-refractivity contribution in [1.82, 2.24) is 20.7 Å². The number of aromatic nitrogens is 3. The third-order valence-electron chi connectivity index (χ3n) is 3.65. The van der Waals surface area contributed by atoms with Gasteiger partial charge in [-0.2, -0.15) is 5.10 Å². The molecule has 0 saturated heterocycles. The number of amides is 1. The summed E-state index contributed by atoms with van der Waals surface area (Å²) in [7, 11) is 0. The summed E-state index contributed by atoms with van der Waals surface area (Å²) in [4.78, 5) is 12.2. The van der Waals surface area contributed by atoms with Crippen LogP contribution in [0.5, 0.6) is 5.75 Å². The SMILES string of the molecule is CC(C)Cc1cc(CNC(=O)c2cc(-c3ccccc3O)n[nH]2)no1. The summed E-state index contributed by atoms with van der Waals surface area (Å²) in [5, 5.41) is 23.3. The van der Waals surface area contributed by atoms with Crippen molar-refractivity contribution in [3.8, 4) is 17.0 Å². The summed E-state index contributed by atoms with van der Waals surface area (Å²) in [5.41, 5.74) is 2.05. The Kier molecular flexibility index (Phi) is 4.83. The molecule has 1 aromatic carbocycles. The number of H-pyrrole nitrogens is 1. The molecule has 0 saturated carbocycles. The molecule has 0 bridgehead atoms. The topological polar surface area (TPSA) is 104 Å². The lowest BCUT2D eigenvalue weighted by Crippen LogP contribution is -2.23. The normalized spacial score (nSPS) is 11.0. The second-order valence-corrected chi connectivity index (χ2v) is 6.25. The molecule has 0 aliphatic heterocycles. The summed E-state index contributed by atoms with van der Waals surface area (Å²) in [6.45, 7) is 4.47. The van der Waals surface area contributed by atoms with Gasteiger partial charge in [0.25, 0.3) is 5.91 Å².